The summed E-state index contributed by atoms with van der Waals surface area (Å²) >= 11 is 0. The van der Waals surface area contributed by atoms with E-state index in [0.29, 0.717) is 5.69 Å². The lowest BCUT2D eigenvalue weighted by Crippen LogP contribution is -2.24. The topological polar surface area (TPSA) is 90.1 Å². The van der Waals surface area contributed by atoms with E-state index in [9.17, 15) is 14.9 Å². The summed E-state index contributed by atoms with van der Waals surface area (Å²) in [5, 5.41) is 17.5. The van der Waals surface area contributed by atoms with Gasteiger partial charge in [-0.25, -0.2) is 0 Å². The highest BCUT2D eigenvalue weighted by Gasteiger charge is 2.18. The summed E-state index contributed by atoms with van der Waals surface area (Å²) in [7, 11) is 1.77. The Hall–Kier alpha value is -2.70. The van der Waals surface area contributed by atoms with Gasteiger partial charge in [0, 0.05) is 19.3 Å². The van der Waals surface area contributed by atoms with E-state index < -0.39 is 10.8 Å². The minimum absolute atomic E-state index is 0.0448. The summed E-state index contributed by atoms with van der Waals surface area (Å²) in [6.45, 7) is 0.228. The molecule has 0 aliphatic carbocycles. The fourth-order valence-electron chi connectivity index (χ4n) is 1.65. The molecule has 0 spiro atoms. The standard InChI is InChI=1S/C12H12N4O3/c1-15-7-6-9(14-15)8-13-12(17)10-4-2-3-5-11(10)16(18)19/h2-7H,8H2,1H3,(H,13,17). The first kappa shape index (κ1) is 12.7. The molecule has 0 radical (unpaired) electrons. The predicted molar refractivity (Wildman–Crippen MR) is 67.5 cm³/mol. The predicted octanol–water partition coefficient (Wildman–Crippen LogP) is 1.26. The lowest BCUT2D eigenvalue weighted by molar-refractivity contribution is -0.385. The van der Waals surface area contributed by atoms with E-state index in [1.54, 1.807) is 30.1 Å². The number of amides is 1. The van der Waals surface area contributed by atoms with Crippen molar-refractivity contribution in [3.05, 3.63) is 57.9 Å². The van der Waals surface area contributed by atoms with Crippen molar-refractivity contribution in [2.75, 3.05) is 0 Å². The minimum Gasteiger partial charge on any atom is -0.346 e. The quantitative estimate of drug-likeness (QED) is 0.661. The van der Waals surface area contributed by atoms with Crippen LogP contribution in [-0.2, 0) is 13.6 Å². The van der Waals surface area contributed by atoms with Gasteiger partial charge in [0.1, 0.15) is 5.56 Å². The number of nitrogens with zero attached hydrogens (tertiary/aromatic N) is 3. The van der Waals surface area contributed by atoms with E-state index in [1.807, 2.05) is 0 Å². The fourth-order valence-corrected chi connectivity index (χ4v) is 1.65. The van der Waals surface area contributed by atoms with Crippen LogP contribution in [0.25, 0.3) is 0 Å². The number of benzene rings is 1. The first-order chi connectivity index (χ1) is 9.08. The monoisotopic (exact) mass is 260 g/mol. The molecule has 2 rings (SSSR count). The Labute approximate surface area is 109 Å². The Balaban J connectivity index is 2.10. The number of para-hydroxylation sites is 1. The van der Waals surface area contributed by atoms with Crippen LogP contribution in [0.2, 0.25) is 0 Å². The maximum atomic E-state index is 11.9. The molecule has 7 nitrogen and oxygen atoms in total. The van der Waals surface area contributed by atoms with Gasteiger partial charge in [0.15, 0.2) is 0 Å². The summed E-state index contributed by atoms with van der Waals surface area (Å²) in [4.78, 5) is 22.1. The molecule has 1 N–H and O–H groups in total. The van der Waals surface area contributed by atoms with Crippen molar-refractivity contribution in [1.82, 2.24) is 15.1 Å². The molecule has 98 valence electrons. The maximum Gasteiger partial charge on any atom is 0.282 e. The van der Waals surface area contributed by atoms with E-state index in [2.05, 4.69) is 10.4 Å². The number of carbonyl (C=O) groups excluding carboxylic acids is 1. The molecule has 0 aliphatic heterocycles. The molecule has 1 aromatic heterocycles. The Morgan fingerprint density at radius 2 is 2.16 bits per heavy atom. The van der Waals surface area contributed by atoms with Gasteiger partial charge < -0.3 is 5.32 Å². The van der Waals surface area contributed by atoms with Gasteiger partial charge in [-0.15, -0.1) is 0 Å². The summed E-state index contributed by atoms with van der Waals surface area (Å²) in [5.41, 5.74) is 0.527. The first-order valence-electron chi connectivity index (χ1n) is 5.58. The molecule has 0 bridgehead atoms. The SMILES string of the molecule is Cn1ccc(CNC(=O)c2ccccc2[N+](=O)[O-])n1. The molecule has 0 saturated heterocycles. The molecule has 0 atom stereocenters. The number of nitrogens with one attached hydrogen (secondary N) is 1. The van der Waals surface area contributed by atoms with Gasteiger partial charge in [-0.1, -0.05) is 12.1 Å². The number of aromatic nitrogens is 2. The van der Waals surface area contributed by atoms with Crippen LogP contribution in [0.1, 0.15) is 16.1 Å². The maximum absolute atomic E-state index is 11.9. The van der Waals surface area contributed by atoms with Crippen molar-refractivity contribution >= 4 is 11.6 Å². The van der Waals surface area contributed by atoms with Crippen molar-refractivity contribution in [1.29, 1.82) is 0 Å². The van der Waals surface area contributed by atoms with Crippen molar-refractivity contribution < 1.29 is 9.72 Å². The Morgan fingerprint density at radius 1 is 1.42 bits per heavy atom. The van der Waals surface area contributed by atoms with E-state index in [-0.39, 0.29) is 17.8 Å². The zero-order chi connectivity index (χ0) is 13.8. The highest BCUT2D eigenvalue weighted by Crippen LogP contribution is 2.17. The second-order valence-corrected chi connectivity index (χ2v) is 3.94. The Morgan fingerprint density at radius 3 is 2.79 bits per heavy atom. The van der Waals surface area contributed by atoms with Crippen LogP contribution in [0, 0.1) is 10.1 Å². The van der Waals surface area contributed by atoms with Gasteiger partial charge in [0.05, 0.1) is 17.2 Å². The highest BCUT2D eigenvalue weighted by molar-refractivity contribution is 5.98. The summed E-state index contributed by atoms with van der Waals surface area (Å²) in [5.74, 6) is -0.488. The van der Waals surface area contributed by atoms with E-state index >= 15 is 0 Å². The third-order valence-corrected chi connectivity index (χ3v) is 2.54. The summed E-state index contributed by atoms with van der Waals surface area (Å²) in [6.07, 6.45) is 1.76. The van der Waals surface area contributed by atoms with Crippen LogP contribution < -0.4 is 5.32 Å². The highest BCUT2D eigenvalue weighted by atomic mass is 16.6. The zero-order valence-corrected chi connectivity index (χ0v) is 10.2. The van der Waals surface area contributed by atoms with Gasteiger partial charge in [-0.05, 0) is 12.1 Å². The van der Waals surface area contributed by atoms with Crippen LogP contribution in [0.3, 0.4) is 0 Å². The lowest BCUT2D eigenvalue weighted by atomic mass is 10.1. The molecule has 0 unspecified atom stereocenters. The summed E-state index contributed by atoms with van der Waals surface area (Å²) < 4.78 is 1.62. The molecule has 0 aliphatic rings. The van der Waals surface area contributed by atoms with Crippen molar-refractivity contribution in [2.24, 2.45) is 7.05 Å². The van der Waals surface area contributed by atoms with Gasteiger partial charge in [-0.2, -0.15) is 5.10 Å². The molecular weight excluding hydrogens is 248 g/mol. The minimum atomic E-state index is -0.574. The average molecular weight is 260 g/mol. The van der Waals surface area contributed by atoms with Crippen molar-refractivity contribution in [3.63, 3.8) is 0 Å². The molecule has 1 heterocycles. The van der Waals surface area contributed by atoms with Crippen LogP contribution >= 0.6 is 0 Å². The second-order valence-electron chi connectivity index (χ2n) is 3.94. The van der Waals surface area contributed by atoms with Crippen molar-refractivity contribution in [3.8, 4) is 0 Å². The molecule has 1 aromatic carbocycles. The molecule has 7 heteroatoms. The van der Waals surface area contributed by atoms with Gasteiger partial charge >= 0.3 is 0 Å². The van der Waals surface area contributed by atoms with E-state index in [0.717, 1.165) is 0 Å². The van der Waals surface area contributed by atoms with Crippen molar-refractivity contribution in [2.45, 2.75) is 6.54 Å². The third kappa shape index (κ3) is 2.95. The normalized spacial score (nSPS) is 10.2. The molecule has 0 fully saturated rings. The van der Waals surface area contributed by atoms with E-state index in [4.69, 9.17) is 0 Å². The van der Waals surface area contributed by atoms with Gasteiger partial charge in [0.25, 0.3) is 11.6 Å². The van der Waals surface area contributed by atoms with Gasteiger partial charge in [-0.3, -0.25) is 19.6 Å². The lowest BCUT2D eigenvalue weighted by Gasteiger charge is -2.03. The second kappa shape index (κ2) is 5.30. The molecular formula is C12H12N4O3. The molecule has 2 aromatic rings. The Bertz CT molecular complexity index is 621. The number of hydrogen-bond donors (Lipinski definition) is 1. The largest absolute Gasteiger partial charge is 0.346 e. The van der Waals surface area contributed by atoms with Crippen LogP contribution in [0.5, 0.6) is 0 Å². The molecule has 1 amide bonds. The Kier molecular flexibility index (Phi) is 3.56. The first-order valence-corrected chi connectivity index (χ1v) is 5.58. The number of nitro benzene ring substituents is 1. The number of rotatable bonds is 4. The zero-order valence-electron chi connectivity index (χ0n) is 10.2. The van der Waals surface area contributed by atoms with Crippen LogP contribution in [0.4, 0.5) is 5.69 Å². The molecule has 19 heavy (non-hydrogen) atoms. The fraction of sp³-hybridized carbons (Fsp3) is 0.167. The number of nitro groups is 1. The number of hydrogen-bond acceptors (Lipinski definition) is 4. The third-order valence-electron chi connectivity index (χ3n) is 2.54. The average Bonchev–Trinajstić information content (AvgIpc) is 2.81. The van der Waals surface area contributed by atoms with Crippen LogP contribution in [0.15, 0.2) is 36.5 Å². The number of aryl methyl sites for hydroxylation is 1. The van der Waals surface area contributed by atoms with E-state index in [1.165, 1.54) is 18.2 Å². The molecule has 0 saturated carbocycles. The smallest absolute Gasteiger partial charge is 0.282 e. The van der Waals surface area contributed by atoms with Crippen LogP contribution in [-0.4, -0.2) is 20.6 Å². The summed E-state index contributed by atoms with van der Waals surface area (Å²) in [6, 6.07) is 7.59. The number of carbonyl (C=O) groups is 1. The van der Waals surface area contributed by atoms with Gasteiger partial charge in [0.2, 0.25) is 0 Å².